The number of amides is 1. The van der Waals surface area contributed by atoms with E-state index in [0.717, 1.165) is 53.5 Å². The molecule has 0 saturated carbocycles. The van der Waals surface area contributed by atoms with Crippen molar-refractivity contribution >= 4 is 50.7 Å². The number of hydrogen-bond donors (Lipinski definition) is 2. The number of carbonyl (C=O) groups excluding carboxylic acids is 1. The van der Waals surface area contributed by atoms with Crippen molar-refractivity contribution in [2.75, 3.05) is 29.9 Å². The summed E-state index contributed by atoms with van der Waals surface area (Å²) < 4.78 is 1.15. The predicted molar refractivity (Wildman–Crippen MR) is 107 cm³/mol. The number of halogens is 1. The lowest BCUT2D eigenvalue weighted by atomic mass is 9.92. The molecular weight excluding hydrogens is 356 g/mol. The van der Waals surface area contributed by atoms with Crippen molar-refractivity contribution in [3.8, 4) is 0 Å². The zero-order valence-corrected chi connectivity index (χ0v) is 16.1. The maximum Gasteiger partial charge on any atom is 0.227 e. The Morgan fingerprint density at radius 2 is 2.16 bits per heavy atom. The molecule has 3 heterocycles. The summed E-state index contributed by atoms with van der Waals surface area (Å²) in [5, 5.41) is 7.60. The predicted octanol–water partition coefficient (Wildman–Crippen LogP) is 3.64. The van der Waals surface area contributed by atoms with Gasteiger partial charge in [-0.1, -0.05) is 11.3 Å². The number of nitrogens with one attached hydrogen (secondary N) is 2. The fourth-order valence-corrected chi connectivity index (χ4v) is 4.70. The van der Waals surface area contributed by atoms with Crippen molar-refractivity contribution in [1.82, 2.24) is 10.3 Å². The van der Waals surface area contributed by atoms with Crippen LogP contribution in [0.25, 0.3) is 10.2 Å². The third kappa shape index (κ3) is 4.07. The highest BCUT2D eigenvalue weighted by atomic mass is 35.5. The van der Waals surface area contributed by atoms with Gasteiger partial charge in [0.05, 0.1) is 10.2 Å². The Morgan fingerprint density at radius 3 is 2.92 bits per heavy atom. The first kappa shape index (κ1) is 18.4. The Morgan fingerprint density at radius 1 is 1.36 bits per heavy atom. The average molecular weight is 381 g/mol. The van der Waals surface area contributed by atoms with Gasteiger partial charge in [0.25, 0.3) is 0 Å². The lowest BCUT2D eigenvalue weighted by molar-refractivity contribution is -0.120. The van der Waals surface area contributed by atoms with Crippen LogP contribution in [0, 0.1) is 5.92 Å². The first-order valence-electron chi connectivity index (χ1n) is 8.89. The molecule has 1 aromatic heterocycles. The van der Waals surface area contributed by atoms with E-state index >= 15 is 0 Å². The Hall–Kier alpha value is -1.37. The van der Waals surface area contributed by atoms with E-state index in [1.165, 1.54) is 12.8 Å². The van der Waals surface area contributed by atoms with Crippen LogP contribution in [0.4, 0.5) is 10.8 Å². The molecule has 2 atom stereocenters. The molecule has 2 aliphatic heterocycles. The van der Waals surface area contributed by atoms with Gasteiger partial charge in [-0.3, -0.25) is 4.79 Å². The molecule has 0 unspecified atom stereocenters. The Bertz CT molecular complexity index is 744. The van der Waals surface area contributed by atoms with Crippen molar-refractivity contribution in [3.05, 3.63) is 18.2 Å². The molecule has 1 aromatic carbocycles. The third-order valence-electron chi connectivity index (χ3n) is 5.02. The van der Waals surface area contributed by atoms with Crippen molar-refractivity contribution in [2.45, 2.75) is 38.6 Å². The monoisotopic (exact) mass is 380 g/mol. The van der Waals surface area contributed by atoms with E-state index in [9.17, 15) is 4.79 Å². The van der Waals surface area contributed by atoms with E-state index in [1.807, 2.05) is 12.1 Å². The Labute approximate surface area is 158 Å². The summed E-state index contributed by atoms with van der Waals surface area (Å²) in [6.45, 7) is 5.28. The molecule has 2 fully saturated rings. The maximum atomic E-state index is 12.5. The number of nitrogens with zero attached hydrogens (tertiary/aromatic N) is 2. The molecular formula is C18H25ClN4OS. The third-order valence-corrected chi connectivity index (χ3v) is 6.09. The van der Waals surface area contributed by atoms with E-state index in [1.54, 1.807) is 11.3 Å². The van der Waals surface area contributed by atoms with Crippen molar-refractivity contribution in [1.29, 1.82) is 0 Å². The van der Waals surface area contributed by atoms with Gasteiger partial charge >= 0.3 is 0 Å². The van der Waals surface area contributed by atoms with E-state index in [2.05, 4.69) is 28.5 Å². The fraction of sp³-hybridized carbons (Fsp3) is 0.556. The van der Waals surface area contributed by atoms with Crippen LogP contribution in [-0.2, 0) is 4.79 Å². The second kappa shape index (κ2) is 7.89. The van der Waals surface area contributed by atoms with Gasteiger partial charge in [0.2, 0.25) is 5.91 Å². The zero-order valence-electron chi connectivity index (χ0n) is 14.5. The van der Waals surface area contributed by atoms with Gasteiger partial charge in [0.15, 0.2) is 5.13 Å². The standard InChI is InChI=1S/C18H24N4OS.ClH/c1-12-10-13(6-7-19-12)17(23)20-14-4-5-15-16(11-14)24-18(21-15)22-8-2-3-9-22;/h4-5,11-13,19H,2-3,6-10H2,1H3,(H,20,23);1H/t12-,13-;/m0./s1. The second-order valence-corrected chi connectivity index (χ2v) is 7.95. The summed E-state index contributed by atoms with van der Waals surface area (Å²) in [4.78, 5) is 19.6. The van der Waals surface area contributed by atoms with Crippen LogP contribution in [0.5, 0.6) is 0 Å². The van der Waals surface area contributed by atoms with Crippen LogP contribution < -0.4 is 15.5 Å². The molecule has 4 rings (SSSR count). The summed E-state index contributed by atoms with van der Waals surface area (Å²) in [7, 11) is 0. The van der Waals surface area contributed by atoms with E-state index in [4.69, 9.17) is 4.98 Å². The Kier molecular flexibility index (Phi) is 5.81. The number of fused-ring (bicyclic) bond motifs is 1. The average Bonchev–Trinajstić information content (AvgIpc) is 3.23. The molecule has 25 heavy (non-hydrogen) atoms. The first-order chi connectivity index (χ1) is 11.7. The van der Waals surface area contributed by atoms with Gasteiger partial charge in [0.1, 0.15) is 0 Å². The zero-order chi connectivity index (χ0) is 16.5. The number of piperidine rings is 1. The highest BCUT2D eigenvalue weighted by Gasteiger charge is 2.25. The number of benzene rings is 1. The molecule has 0 spiro atoms. The highest BCUT2D eigenvalue weighted by molar-refractivity contribution is 7.22. The smallest absolute Gasteiger partial charge is 0.227 e. The molecule has 0 radical (unpaired) electrons. The van der Waals surface area contributed by atoms with Crippen molar-refractivity contribution in [2.24, 2.45) is 5.92 Å². The van der Waals surface area contributed by atoms with E-state index in [0.29, 0.717) is 6.04 Å². The first-order valence-corrected chi connectivity index (χ1v) is 9.70. The minimum atomic E-state index is 0. The maximum absolute atomic E-state index is 12.5. The molecule has 2 aromatic rings. The van der Waals surface area contributed by atoms with Crippen molar-refractivity contribution < 1.29 is 4.79 Å². The summed E-state index contributed by atoms with van der Waals surface area (Å²) in [6, 6.07) is 6.47. The Balaban J connectivity index is 0.00000182. The number of anilines is 2. The largest absolute Gasteiger partial charge is 0.348 e. The minimum Gasteiger partial charge on any atom is -0.348 e. The quantitative estimate of drug-likeness (QED) is 0.853. The van der Waals surface area contributed by atoms with Gasteiger partial charge < -0.3 is 15.5 Å². The molecule has 136 valence electrons. The molecule has 7 heteroatoms. The van der Waals surface area contributed by atoms with E-state index < -0.39 is 0 Å². The molecule has 5 nitrogen and oxygen atoms in total. The van der Waals surface area contributed by atoms with E-state index in [-0.39, 0.29) is 24.2 Å². The topological polar surface area (TPSA) is 57.3 Å². The lowest BCUT2D eigenvalue weighted by Gasteiger charge is -2.27. The number of carbonyl (C=O) groups is 1. The molecule has 0 aliphatic carbocycles. The van der Waals surface area contributed by atoms with Gasteiger partial charge in [-0.05, 0) is 57.4 Å². The second-order valence-electron chi connectivity index (χ2n) is 6.94. The normalized spacial score (nSPS) is 23.5. The van der Waals surface area contributed by atoms with Gasteiger partial charge in [0, 0.05) is 30.7 Å². The summed E-state index contributed by atoms with van der Waals surface area (Å²) in [5.74, 6) is 0.255. The molecule has 2 saturated heterocycles. The fourth-order valence-electron chi connectivity index (χ4n) is 3.65. The minimum absolute atomic E-state index is 0. The van der Waals surface area contributed by atoms with Gasteiger partial charge in [-0.2, -0.15) is 0 Å². The number of rotatable bonds is 3. The van der Waals surface area contributed by atoms with Crippen molar-refractivity contribution in [3.63, 3.8) is 0 Å². The summed E-state index contributed by atoms with van der Waals surface area (Å²) >= 11 is 1.73. The van der Waals surface area contributed by atoms with Crippen LogP contribution in [0.2, 0.25) is 0 Å². The molecule has 2 aliphatic rings. The molecule has 0 bridgehead atoms. The lowest BCUT2D eigenvalue weighted by Crippen LogP contribution is -2.40. The number of hydrogen-bond acceptors (Lipinski definition) is 5. The van der Waals surface area contributed by atoms with Crippen LogP contribution in [-0.4, -0.2) is 36.6 Å². The van der Waals surface area contributed by atoms with Gasteiger partial charge in [-0.15, -0.1) is 12.4 Å². The van der Waals surface area contributed by atoms with Crippen LogP contribution >= 0.6 is 23.7 Å². The van der Waals surface area contributed by atoms with Gasteiger partial charge in [-0.25, -0.2) is 4.98 Å². The molecule has 1 amide bonds. The van der Waals surface area contributed by atoms with Crippen LogP contribution in [0.3, 0.4) is 0 Å². The number of aromatic nitrogens is 1. The SMILES string of the molecule is C[C@H]1C[C@@H](C(=O)Nc2ccc3nc(N4CCCC4)sc3c2)CCN1.Cl. The molecule has 2 N–H and O–H groups in total. The van der Waals surface area contributed by atoms with Crippen LogP contribution in [0.15, 0.2) is 18.2 Å². The summed E-state index contributed by atoms with van der Waals surface area (Å²) in [6.07, 6.45) is 4.34. The van der Waals surface area contributed by atoms with Crippen LogP contribution in [0.1, 0.15) is 32.6 Å². The summed E-state index contributed by atoms with van der Waals surface area (Å²) in [5.41, 5.74) is 1.91. The highest BCUT2D eigenvalue weighted by Crippen LogP contribution is 2.32. The number of thiazole rings is 1.